The summed E-state index contributed by atoms with van der Waals surface area (Å²) in [5.41, 5.74) is 2.58. The summed E-state index contributed by atoms with van der Waals surface area (Å²) in [6, 6.07) is 4.52. The number of rotatable bonds is 2. The third kappa shape index (κ3) is 2.99. The molecule has 0 aromatic heterocycles. The lowest BCUT2D eigenvalue weighted by Gasteiger charge is -2.38. The van der Waals surface area contributed by atoms with Gasteiger partial charge >= 0.3 is 6.18 Å². The number of carbonyl (C=O) groups is 1. The van der Waals surface area contributed by atoms with Crippen molar-refractivity contribution < 1.29 is 23.1 Å². The van der Waals surface area contributed by atoms with Crippen molar-refractivity contribution in [1.82, 2.24) is 0 Å². The molecule has 22 heavy (non-hydrogen) atoms. The summed E-state index contributed by atoms with van der Waals surface area (Å²) in [4.78, 5) is 12.8. The number of hydrogen-bond acceptors (Lipinski definition) is 4. The monoisotopic (exact) mass is 313 g/mol. The van der Waals surface area contributed by atoms with E-state index in [4.69, 9.17) is 11.0 Å². The molecule has 0 saturated carbocycles. The minimum absolute atomic E-state index is 0.150. The highest BCUT2D eigenvalue weighted by molar-refractivity contribution is 5.84. The second kappa shape index (κ2) is 5.50. The first-order valence-corrected chi connectivity index (χ1v) is 6.56. The summed E-state index contributed by atoms with van der Waals surface area (Å²) in [5, 5.41) is 19.2. The van der Waals surface area contributed by atoms with Gasteiger partial charge in [-0.15, -0.1) is 0 Å². The van der Waals surface area contributed by atoms with E-state index in [1.165, 1.54) is 11.0 Å². The third-order valence-electron chi connectivity index (χ3n) is 3.71. The van der Waals surface area contributed by atoms with E-state index >= 15 is 0 Å². The Morgan fingerprint density at radius 1 is 1.45 bits per heavy atom. The summed E-state index contributed by atoms with van der Waals surface area (Å²) in [6.45, 7) is 0.262. The number of nitrogens with two attached hydrogens (primary N) is 1. The van der Waals surface area contributed by atoms with E-state index in [1.807, 2.05) is 0 Å². The van der Waals surface area contributed by atoms with Gasteiger partial charge in [0.25, 0.3) is 5.91 Å². The van der Waals surface area contributed by atoms with Crippen LogP contribution in [-0.4, -0.2) is 29.7 Å². The molecule has 118 valence electrons. The van der Waals surface area contributed by atoms with E-state index < -0.39 is 23.2 Å². The molecular formula is C14H14F3N3O2. The van der Waals surface area contributed by atoms with Gasteiger partial charge in [-0.2, -0.15) is 18.4 Å². The van der Waals surface area contributed by atoms with Crippen LogP contribution < -0.4 is 10.6 Å². The van der Waals surface area contributed by atoms with Crippen LogP contribution in [0.2, 0.25) is 0 Å². The van der Waals surface area contributed by atoms with Gasteiger partial charge in [0.15, 0.2) is 5.60 Å². The largest absolute Gasteiger partial charge is 0.416 e. The number of halogens is 3. The van der Waals surface area contributed by atoms with Crippen LogP contribution in [0.3, 0.4) is 0 Å². The van der Waals surface area contributed by atoms with Crippen LogP contribution in [0.15, 0.2) is 18.2 Å². The van der Waals surface area contributed by atoms with Crippen molar-refractivity contribution in [3.8, 4) is 6.07 Å². The van der Waals surface area contributed by atoms with E-state index in [1.54, 1.807) is 6.07 Å². The highest BCUT2D eigenvalue weighted by Crippen LogP contribution is 2.34. The molecule has 0 aliphatic carbocycles. The maximum absolute atomic E-state index is 12.7. The molecule has 8 heteroatoms. The Kier molecular flexibility index (Phi) is 4.02. The number of aliphatic hydroxyl groups is 1. The predicted molar refractivity (Wildman–Crippen MR) is 71.8 cm³/mol. The maximum atomic E-state index is 12.7. The Hall–Kier alpha value is -2.27. The van der Waals surface area contributed by atoms with Crippen molar-refractivity contribution in [3.63, 3.8) is 0 Å². The van der Waals surface area contributed by atoms with Crippen LogP contribution in [0.1, 0.15) is 24.0 Å². The number of benzene rings is 1. The number of β-amino-alcohol motifs (C(OH)–C–C–N with tert-alkyl or cyclic N) is 1. The van der Waals surface area contributed by atoms with Gasteiger partial charge in [0.2, 0.25) is 0 Å². The molecule has 1 aliphatic heterocycles. The molecule has 0 radical (unpaired) electrons. The number of nitriles is 1. The lowest BCUT2D eigenvalue weighted by molar-refractivity contribution is -0.137. The van der Waals surface area contributed by atoms with E-state index in [0.717, 1.165) is 12.1 Å². The SMILES string of the molecule is N#Cc1cc(C(F)(F)F)ccc1N1CCCC(O)(C(N)=O)C1. The standard InChI is InChI=1S/C14H14F3N3O2/c15-14(16,17)10-2-3-11(9(6-10)7-18)20-5-1-4-13(22,8-20)12(19)21/h2-3,6,22H,1,4-5,8H2,(H2,19,21). The number of nitrogens with zero attached hydrogens (tertiary/aromatic N) is 2. The van der Waals surface area contributed by atoms with Gasteiger partial charge in [0.1, 0.15) is 6.07 Å². The first kappa shape index (κ1) is 16.1. The third-order valence-corrected chi connectivity index (χ3v) is 3.71. The number of alkyl halides is 3. The number of piperidine rings is 1. The zero-order valence-electron chi connectivity index (χ0n) is 11.5. The second-order valence-electron chi connectivity index (χ2n) is 5.26. The summed E-state index contributed by atoms with van der Waals surface area (Å²) in [7, 11) is 0. The number of hydrogen-bond donors (Lipinski definition) is 2. The van der Waals surface area contributed by atoms with E-state index in [-0.39, 0.29) is 24.2 Å². The van der Waals surface area contributed by atoms with Gasteiger partial charge < -0.3 is 15.7 Å². The smallest absolute Gasteiger partial charge is 0.378 e. The quantitative estimate of drug-likeness (QED) is 0.863. The molecule has 2 rings (SSSR count). The van der Waals surface area contributed by atoms with Crippen LogP contribution in [0, 0.1) is 11.3 Å². The van der Waals surface area contributed by atoms with Crippen molar-refractivity contribution in [2.24, 2.45) is 5.73 Å². The number of primary amides is 1. The van der Waals surface area contributed by atoms with Crippen LogP contribution >= 0.6 is 0 Å². The molecule has 1 fully saturated rings. The van der Waals surface area contributed by atoms with Crippen LogP contribution in [0.4, 0.5) is 18.9 Å². The average molecular weight is 313 g/mol. The average Bonchev–Trinajstić information content (AvgIpc) is 2.45. The molecule has 0 bridgehead atoms. The zero-order valence-corrected chi connectivity index (χ0v) is 11.5. The summed E-state index contributed by atoms with van der Waals surface area (Å²) >= 11 is 0. The molecule has 1 amide bonds. The van der Waals surface area contributed by atoms with Crippen molar-refractivity contribution in [3.05, 3.63) is 29.3 Å². The lowest BCUT2D eigenvalue weighted by atomic mass is 9.91. The molecule has 1 aromatic rings. The fourth-order valence-electron chi connectivity index (χ4n) is 2.52. The van der Waals surface area contributed by atoms with E-state index in [2.05, 4.69) is 0 Å². The Morgan fingerprint density at radius 3 is 2.68 bits per heavy atom. The van der Waals surface area contributed by atoms with E-state index in [0.29, 0.717) is 13.0 Å². The Labute approximate surface area is 124 Å². The van der Waals surface area contributed by atoms with E-state index in [9.17, 15) is 23.1 Å². The van der Waals surface area contributed by atoms with Crippen molar-refractivity contribution in [1.29, 1.82) is 5.26 Å². The Bertz CT molecular complexity index is 639. The molecule has 3 N–H and O–H groups in total. The first-order valence-electron chi connectivity index (χ1n) is 6.56. The normalized spacial score (nSPS) is 22.2. The molecular weight excluding hydrogens is 299 g/mol. The van der Waals surface area contributed by atoms with Gasteiger partial charge in [0, 0.05) is 6.54 Å². The molecule has 5 nitrogen and oxygen atoms in total. The molecule has 1 aliphatic rings. The summed E-state index contributed by atoms with van der Waals surface area (Å²) < 4.78 is 38.0. The highest BCUT2D eigenvalue weighted by Gasteiger charge is 2.39. The summed E-state index contributed by atoms with van der Waals surface area (Å²) in [5.74, 6) is -0.886. The van der Waals surface area contributed by atoms with Gasteiger partial charge in [-0.3, -0.25) is 4.79 Å². The van der Waals surface area contributed by atoms with Gasteiger partial charge in [-0.1, -0.05) is 0 Å². The Balaban J connectivity index is 2.37. The highest BCUT2D eigenvalue weighted by atomic mass is 19.4. The predicted octanol–water partition coefficient (Wildman–Crippen LogP) is 1.39. The topological polar surface area (TPSA) is 90.3 Å². The maximum Gasteiger partial charge on any atom is 0.416 e. The second-order valence-corrected chi connectivity index (χ2v) is 5.26. The van der Waals surface area contributed by atoms with Crippen LogP contribution in [-0.2, 0) is 11.0 Å². The van der Waals surface area contributed by atoms with Gasteiger partial charge in [-0.05, 0) is 31.0 Å². The minimum Gasteiger partial charge on any atom is -0.378 e. The lowest BCUT2D eigenvalue weighted by Crippen LogP contribution is -2.56. The number of anilines is 1. The molecule has 1 aromatic carbocycles. The van der Waals surface area contributed by atoms with Crippen molar-refractivity contribution >= 4 is 11.6 Å². The minimum atomic E-state index is -4.54. The fraction of sp³-hybridized carbons (Fsp3) is 0.429. The molecule has 1 saturated heterocycles. The summed E-state index contributed by atoms with van der Waals surface area (Å²) in [6.07, 6.45) is -3.92. The molecule has 1 atom stereocenters. The van der Waals surface area contributed by atoms with Gasteiger partial charge in [0.05, 0.1) is 23.4 Å². The number of carbonyl (C=O) groups excluding carboxylic acids is 1. The van der Waals surface area contributed by atoms with Crippen molar-refractivity contribution in [2.45, 2.75) is 24.6 Å². The number of amides is 1. The van der Waals surface area contributed by atoms with Crippen molar-refractivity contribution in [2.75, 3.05) is 18.0 Å². The van der Waals surface area contributed by atoms with Gasteiger partial charge in [-0.25, -0.2) is 0 Å². The zero-order chi connectivity index (χ0) is 16.5. The molecule has 0 spiro atoms. The van der Waals surface area contributed by atoms with Crippen LogP contribution in [0.25, 0.3) is 0 Å². The Morgan fingerprint density at radius 2 is 2.14 bits per heavy atom. The van der Waals surface area contributed by atoms with Crippen LogP contribution in [0.5, 0.6) is 0 Å². The fourth-order valence-corrected chi connectivity index (χ4v) is 2.52. The molecule has 1 heterocycles. The first-order chi connectivity index (χ1) is 10.2. The molecule has 1 unspecified atom stereocenters.